The molecular formula is C19H31N3O. The summed E-state index contributed by atoms with van der Waals surface area (Å²) in [5.41, 5.74) is 1.28. The Labute approximate surface area is 140 Å². The predicted octanol–water partition coefficient (Wildman–Crippen LogP) is 2.89. The highest BCUT2D eigenvalue weighted by molar-refractivity contribution is 5.78. The van der Waals surface area contributed by atoms with Crippen LogP contribution in [0.25, 0.3) is 0 Å². The van der Waals surface area contributed by atoms with Gasteiger partial charge >= 0.3 is 0 Å². The van der Waals surface area contributed by atoms with E-state index in [4.69, 9.17) is 0 Å². The molecule has 0 saturated carbocycles. The second kappa shape index (κ2) is 9.56. The number of piperazine rings is 1. The lowest BCUT2D eigenvalue weighted by molar-refractivity contribution is -0.123. The molecule has 1 aliphatic rings. The van der Waals surface area contributed by atoms with Crippen molar-refractivity contribution in [1.82, 2.24) is 10.2 Å². The highest BCUT2D eigenvalue weighted by Crippen LogP contribution is 2.15. The number of benzene rings is 1. The number of nitrogens with zero attached hydrogens (tertiary/aromatic N) is 2. The summed E-state index contributed by atoms with van der Waals surface area (Å²) in [6, 6.07) is 10.8. The average Bonchev–Trinajstić information content (AvgIpc) is 2.56. The van der Waals surface area contributed by atoms with Crippen LogP contribution in [0.1, 0.15) is 39.5 Å². The number of carbonyl (C=O) groups is 1. The second-order valence-electron chi connectivity index (χ2n) is 6.56. The maximum absolute atomic E-state index is 12.1. The molecule has 1 amide bonds. The van der Waals surface area contributed by atoms with Gasteiger partial charge in [0, 0.05) is 37.9 Å². The highest BCUT2D eigenvalue weighted by atomic mass is 16.2. The van der Waals surface area contributed by atoms with Crippen LogP contribution in [0.15, 0.2) is 30.3 Å². The van der Waals surface area contributed by atoms with Gasteiger partial charge in [0.2, 0.25) is 5.91 Å². The monoisotopic (exact) mass is 317 g/mol. The van der Waals surface area contributed by atoms with Crippen molar-refractivity contribution in [2.24, 2.45) is 0 Å². The molecule has 1 aromatic carbocycles. The van der Waals surface area contributed by atoms with Gasteiger partial charge in [-0.25, -0.2) is 0 Å². The van der Waals surface area contributed by atoms with E-state index >= 15 is 0 Å². The molecule has 1 atom stereocenters. The van der Waals surface area contributed by atoms with E-state index in [1.54, 1.807) is 0 Å². The number of para-hydroxylation sites is 1. The Morgan fingerprint density at radius 1 is 1.13 bits per heavy atom. The van der Waals surface area contributed by atoms with E-state index in [1.165, 1.54) is 24.9 Å². The molecule has 1 unspecified atom stereocenters. The molecule has 1 aromatic rings. The van der Waals surface area contributed by atoms with Crippen LogP contribution in [-0.2, 0) is 4.79 Å². The molecule has 4 heteroatoms. The van der Waals surface area contributed by atoms with Crippen molar-refractivity contribution in [3.05, 3.63) is 30.3 Å². The first-order chi connectivity index (χ1) is 11.2. The summed E-state index contributed by atoms with van der Waals surface area (Å²) in [7, 11) is 0. The Morgan fingerprint density at radius 3 is 2.48 bits per heavy atom. The number of amides is 1. The minimum absolute atomic E-state index is 0.169. The van der Waals surface area contributed by atoms with E-state index in [9.17, 15) is 4.79 Å². The third-order valence-corrected chi connectivity index (χ3v) is 4.51. The zero-order valence-electron chi connectivity index (χ0n) is 14.6. The van der Waals surface area contributed by atoms with Gasteiger partial charge in [-0.15, -0.1) is 0 Å². The van der Waals surface area contributed by atoms with Crippen molar-refractivity contribution in [3.8, 4) is 0 Å². The first-order valence-corrected chi connectivity index (χ1v) is 9.00. The normalized spacial score (nSPS) is 17.0. The Hall–Kier alpha value is -1.55. The number of nitrogens with one attached hydrogen (secondary N) is 1. The van der Waals surface area contributed by atoms with E-state index in [2.05, 4.69) is 53.2 Å². The van der Waals surface area contributed by atoms with Crippen molar-refractivity contribution < 1.29 is 4.79 Å². The molecule has 0 spiro atoms. The Morgan fingerprint density at radius 2 is 1.83 bits per heavy atom. The van der Waals surface area contributed by atoms with Gasteiger partial charge in [0.25, 0.3) is 0 Å². The van der Waals surface area contributed by atoms with Gasteiger partial charge in [-0.05, 0) is 25.5 Å². The van der Waals surface area contributed by atoms with E-state index in [0.717, 1.165) is 32.6 Å². The topological polar surface area (TPSA) is 35.6 Å². The van der Waals surface area contributed by atoms with Gasteiger partial charge in [-0.2, -0.15) is 0 Å². The molecule has 4 nitrogen and oxygen atoms in total. The van der Waals surface area contributed by atoms with Crippen molar-refractivity contribution in [2.75, 3.05) is 37.6 Å². The standard InChI is InChI=1S/C19H31N3O/c1-3-4-6-9-17(2)20-19(23)16-21-12-14-22(15-13-21)18-10-7-5-8-11-18/h5,7-8,10-11,17H,3-4,6,9,12-16H2,1-2H3,(H,20,23). The van der Waals surface area contributed by atoms with Gasteiger partial charge in [0.15, 0.2) is 0 Å². The summed E-state index contributed by atoms with van der Waals surface area (Å²) in [6.45, 7) is 8.73. The van der Waals surface area contributed by atoms with Crippen LogP contribution in [0.4, 0.5) is 5.69 Å². The van der Waals surface area contributed by atoms with Gasteiger partial charge in [0.05, 0.1) is 6.54 Å². The largest absolute Gasteiger partial charge is 0.369 e. The Kier molecular flexibility index (Phi) is 7.40. The van der Waals surface area contributed by atoms with Gasteiger partial charge in [-0.3, -0.25) is 9.69 Å². The molecule has 2 rings (SSSR count). The summed E-state index contributed by atoms with van der Waals surface area (Å²) in [4.78, 5) is 16.8. The van der Waals surface area contributed by atoms with E-state index in [-0.39, 0.29) is 5.91 Å². The fourth-order valence-corrected chi connectivity index (χ4v) is 3.10. The van der Waals surface area contributed by atoms with Gasteiger partial charge in [-0.1, -0.05) is 44.4 Å². The van der Waals surface area contributed by atoms with Crippen LogP contribution in [-0.4, -0.2) is 49.6 Å². The number of hydrogen-bond donors (Lipinski definition) is 1. The molecule has 1 saturated heterocycles. The van der Waals surface area contributed by atoms with Crippen LogP contribution in [0, 0.1) is 0 Å². The fraction of sp³-hybridized carbons (Fsp3) is 0.632. The molecule has 1 N–H and O–H groups in total. The zero-order chi connectivity index (χ0) is 16.5. The minimum atomic E-state index is 0.169. The molecule has 0 bridgehead atoms. The van der Waals surface area contributed by atoms with Crippen LogP contribution >= 0.6 is 0 Å². The Balaban J connectivity index is 1.66. The van der Waals surface area contributed by atoms with Gasteiger partial charge < -0.3 is 10.2 Å². The first kappa shape index (κ1) is 17.8. The van der Waals surface area contributed by atoms with E-state index in [1.807, 2.05) is 6.07 Å². The molecule has 0 aliphatic carbocycles. The third-order valence-electron chi connectivity index (χ3n) is 4.51. The van der Waals surface area contributed by atoms with Crippen LogP contribution in [0.5, 0.6) is 0 Å². The highest BCUT2D eigenvalue weighted by Gasteiger charge is 2.19. The zero-order valence-corrected chi connectivity index (χ0v) is 14.6. The number of anilines is 1. The molecule has 0 aromatic heterocycles. The number of unbranched alkanes of at least 4 members (excludes halogenated alkanes) is 2. The maximum atomic E-state index is 12.1. The summed E-state index contributed by atoms with van der Waals surface area (Å²) in [6.07, 6.45) is 4.77. The third kappa shape index (κ3) is 6.22. The molecule has 128 valence electrons. The quantitative estimate of drug-likeness (QED) is 0.749. The minimum Gasteiger partial charge on any atom is -0.369 e. The second-order valence-corrected chi connectivity index (χ2v) is 6.56. The molecule has 1 fully saturated rings. The van der Waals surface area contributed by atoms with Crippen molar-refractivity contribution >= 4 is 11.6 Å². The van der Waals surface area contributed by atoms with Crippen LogP contribution in [0.2, 0.25) is 0 Å². The smallest absolute Gasteiger partial charge is 0.234 e. The van der Waals surface area contributed by atoms with E-state index < -0.39 is 0 Å². The van der Waals surface area contributed by atoms with Crippen molar-refractivity contribution in [2.45, 2.75) is 45.6 Å². The summed E-state index contributed by atoms with van der Waals surface area (Å²) in [5, 5.41) is 3.13. The molecule has 1 heterocycles. The average molecular weight is 317 g/mol. The molecule has 1 aliphatic heterocycles. The maximum Gasteiger partial charge on any atom is 0.234 e. The van der Waals surface area contributed by atoms with Crippen molar-refractivity contribution in [1.29, 1.82) is 0 Å². The lowest BCUT2D eigenvalue weighted by Crippen LogP contribution is -2.50. The Bertz CT molecular complexity index is 455. The lowest BCUT2D eigenvalue weighted by Gasteiger charge is -2.35. The SMILES string of the molecule is CCCCCC(C)NC(=O)CN1CCN(c2ccccc2)CC1. The van der Waals surface area contributed by atoms with Crippen molar-refractivity contribution in [3.63, 3.8) is 0 Å². The first-order valence-electron chi connectivity index (χ1n) is 9.00. The van der Waals surface area contributed by atoms with E-state index in [0.29, 0.717) is 12.6 Å². The molecule has 23 heavy (non-hydrogen) atoms. The van der Waals surface area contributed by atoms with Crippen LogP contribution < -0.4 is 10.2 Å². The predicted molar refractivity (Wildman–Crippen MR) is 96.8 cm³/mol. The molecular weight excluding hydrogens is 286 g/mol. The number of hydrogen-bond acceptors (Lipinski definition) is 3. The summed E-state index contributed by atoms with van der Waals surface area (Å²) >= 11 is 0. The lowest BCUT2D eigenvalue weighted by atomic mass is 10.1. The van der Waals surface area contributed by atoms with Crippen LogP contribution in [0.3, 0.4) is 0 Å². The van der Waals surface area contributed by atoms with Gasteiger partial charge in [0.1, 0.15) is 0 Å². The number of carbonyl (C=O) groups excluding carboxylic acids is 1. The number of rotatable bonds is 8. The molecule has 0 radical (unpaired) electrons. The fourth-order valence-electron chi connectivity index (χ4n) is 3.10. The summed E-state index contributed by atoms with van der Waals surface area (Å²) < 4.78 is 0. The summed E-state index contributed by atoms with van der Waals surface area (Å²) in [5.74, 6) is 0.169.